The second-order valence-corrected chi connectivity index (χ2v) is 4.61. The van der Waals surface area contributed by atoms with Gasteiger partial charge in [0.2, 0.25) is 0 Å². The summed E-state index contributed by atoms with van der Waals surface area (Å²) in [5.41, 5.74) is 4.04. The molecule has 0 aliphatic rings. The highest BCUT2D eigenvalue weighted by Gasteiger charge is 2.17. The number of carboxylic acid groups (broad SMARTS) is 1. The Labute approximate surface area is 114 Å². The van der Waals surface area contributed by atoms with Gasteiger partial charge in [-0.15, -0.1) is 0 Å². The molecular formula is C12H16BrNO4. The van der Waals surface area contributed by atoms with Crippen molar-refractivity contribution in [3.63, 3.8) is 0 Å². The fourth-order valence-corrected chi connectivity index (χ4v) is 2.00. The topological polar surface area (TPSA) is 86.2 Å². The van der Waals surface area contributed by atoms with Crippen LogP contribution in [0.4, 0.5) is 0 Å². The largest absolute Gasteiger partial charge is 0.544 e. The number of aliphatic carboxylic acids is 1. The molecule has 0 aliphatic heterocycles. The summed E-state index contributed by atoms with van der Waals surface area (Å²) in [7, 11) is 1.50. The zero-order valence-corrected chi connectivity index (χ0v) is 12.0. The van der Waals surface area contributed by atoms with Crippen molar-refractivity contribution in [1.82, 2.24) is 0 Å². The Bertz CT molecular complexity index is 436. The number of carbonyl (C=O) groups excluding carboxylic acids is 1. The maximum absolute atomic E-state index is 10.8. The van der Waals surface area contributed by atoms with Crippen LogP contribution >= 0.6 is 15.9 Å². The van der Waals surface area contributed by atoms with Crippen molar-refractivity contribution in [1.29, 1.82) is 0 Å². The van der Waals surface area contributed by atoms with E-state index in [-0.39, 0.29) is 0 Å². The number of carboxylic acids is 1. The molecule has 5 nitrogen and oxygen atoms in total. The van der Waals surface area contributed by atoms with E-state index in [1.165, 1.54) is 7.11 Å². The number of ether oxygens (including phenoxy) is 2. The Morgan fingerprint density at radius 2 is 2.22 bits per heavy atom. The van der Waals surface area contributed by atoms with E-state index < -0.39 is 12.0 Å². The highest BCUT2D eigenvalue weighted by molar-refractivity contribution is 9.10. The summed E-state index contributed by atoms with van der Waals surface area (Å²) < 4.78 is 11.4. The first-order valence-electron chi connectivity index (χ1n) is 5.55. The van der Waals surface area contributed by atoms with E-state index >= 15 is 0 Å². The predicted molar refractivity (Wildman–Crippen MR) is 67.1 cm³/mol. The lowest BCUT2D eigenvalue weighted by Crippen LogP contribution is -2.61. The fourth-order valence-electron chi connectivity index (χ4n) is 1.42. The van der Waals surface area contributed by atoms with E-state index in [2.05, 4.69) is 21.7 Å². The van der Waals surface area contributed by atoms with Gasteiger partial charge in [-0.25, -0.2) is 0 Å². The average molecular weight is 318 g/mol. The number of benzene rings is 1. The van der Waals surface area contributed by atoms with Gasteiger partial charge in [-0.1, -0.05) is 6.92 Å². The zero-order chi connectivity index (χ0) is 13.7. The van der Waals surface area contributed by atoms with Gasteiger partial charge >= 0.3 is 0 Å². The summed E-state index contributed by atoms with van der Waals surface area (Å²) in [5, 5.41) is 10.8. The van der Waals surface area contributed by atoms with Gasteiger partial charge in [-0.2, -0.15) is 0 Å². The molecule has 0 aliphatic carbocycles. The van der Waals surface area contributed by atoms with Crippen molar-refractivity contribution in [3.05, 3.63) is 22.2 Å². The number of quaternary nitrogens is 1. The molecular weight excluding hydrogens is 302 g/mol. The summed E-state index contributed by atoms with van der Waals surface area (Å²) in [6.45, 7) is 2.55. The first-order chi connectivity index (χ1) is 8.51. The van der Waals surface area contributed by atoms with Crippen LogP contribution in [0.3, 0.4) is 0 Å². The molecule has 0 heterocycles. The van der Waals surface area contributed by atoms with Gasteiger partial charge in [0.1, 0.15) is 5.97 Å². The summed E-state index contributed by atoms with van der Waals surface area (Å²) in [4.78, 5) is 10.8. The standard InChI is InChI=1S/C12H16BrNO4/c1-3-4-18-11-8(13)5-7(6-9(11)17-2)10(14)12(15)16/h5-6,10H,3-4,14H2,1-2H3,(H,15,16)/t10-/m1/s1. The van der Waals surface area contributed by atoms with E-state index in [4.69, 9.17) is 9.47 Å². The number of hydrogen-bond donors (Lipinski definition) is 1. The summed E-state index contributed by atoms with van der Waals surface area (Å²) in [5.74, 6) is -0.192. The number of hydrogen-bond acceptors (Lipinski definition) is 4. The molecule has 18 heavy (non-hydrogen) atoms. The van der Waals surface area contributed by atoms with Crippen LogP contribution in [0.2, 0.25) is 0 Å². The number of halogens is 1. The molecule has 0 aromatic heterocycles. The third-order valence-electron chi connectivity index (χ3n) is 2.39. The number of carbonyl (C=O) groups is 1. The molecule has 0 unspecified atom stereocenters. The normalized spacial score (nSPS) is 12.0. The second-order valence-electron chi connectivity index (χ2n) is 3.75. The van der Waals surface area contributed by atoms with Crippen LogP contribution in [-0.2, 0) is 4.79 Å². The Hall–Kier alpha value is -1.27. The van der Waals surface area contributed by atoms with Crippen molar-refractivity contribution < 1.29 is 25.1 Å². The van der Waals surface area contributed by atoms with E-state index in [0.29, 0.717) is 28.1 Å². The van der Waals surface area contributed by atoms with Crippen molar-refractivity contribution in [3.8, 4) is 11.5 Å². The summed E-state index contributed by atoms with van der Waals surface area (Å²) >= 11 is 3.34. The molecule has 0 spiro atoms. The first-order valence-corrected chi connectivity index (χ1v) is 6.34. The van der Waals surface area contributed by atoms with Gasteiger partial charge in [-0.3, -0.25) is 0 Å². The molecule has 0 saturated heterocycles. The minimum Gasteiger partial charge on any atom is -0.544 e. The smallest absolute Gasteiger partial charge is 0.175 e. The number of methoxy groups -OCH3 is 1. The maximum atomic E-state index is 10.8. The monoisotopic (exact) mass is 317 g/mol. The number of rotatable bonds is 6. The minimum atomic E-state index is -1.23. The molecule has 6 heteroatoms. The van der Waals surface area contributed by atoms with Gasteiger partial charge in [-0.05, 0) is 34.5 Å². The van der Waals surface area contributed by atoms with Crippen LogP contribution in [0.1, 0.15) is 24.9 Å². The highest BCUT2D eigenvalue weighted by atomic mass is 79.9. The molecule has 100 valence electrons. The third kappa shape index (κ3) is 3.36. The Morgan fingerprint density at radius 1 is 1.56 bits per heavy atom. The summed E-state index contributed by atoms with van der Waals surface area (Å²) in [6, 6.07) is 2.31. The molecule has 1 rings (SSSR count). The van der Waals surface area contributed by atoms with Gasteiger partial charge in [0, 0.05) is 5.56 Å². The predicted octanol–water partition coefficient (Wildman–Crippen LogP) is 0.279. The lowest BCUT2D eigenvalue weighted by Gasteiger charge is -2.16. The summed E-state index contributed by atoms with van der Waals surface area (Å²) in [6.07, 6.45) is 0.869. The lowest BCUT2D eigenvalue weighted by molar-refractivity contribution is -0.443. The minimum absolute atomic E-state index is 0.475. The maximum Gasteiger partial charge on any atom is 0.175 e. The van der Waals surface area contributed by atoms with Gasteiger partial charge in [0.15, 0.2) is 17.5 Å². The first kappa shape index (κ1) is 14.8. The molecule has 0 radical (unpaired) electrons. The quantitative estimate of drug-likeness (QED) is 0.816. The Kier molecular flexibility index (Phi) is 5.43. The van der Waals surface area contributed by atoms with Crippen molar-refractivity contribution in [2.45, 2.75) is 19.4 Å². The van der Waals surface area contributed by atoms with Crippen molar-refractivity contribution >= 4 is 21.9 Å². The van der Waals surface area contributed by atoms with Crippen molar-refractivity contribution in [2.75, 3.05) is 13.7 Å². The second kappa shape index (κ2) is 6.61. The van der Waals surface area contributed by atoms with Crippen LogP contribution in [-0.4, -0.2) is 19.7 Å². The van der Waals surface area contributed by atoms with Crippen LogP contribution in [0.25, 0.3) is 0 Å². The SMILES string of the molecule is CCCOc1c(Br)cc([C@@H]([NH3+])C(=O)[O-])cc1OC. The molecule has 1 atom stereocenters. The molecule has 3 N–H and O–H groups in total. The van der Waals surface area contributed by atoms with E-state index in [1.807, 2.05) is 6.92 Å². The third-order valence-corrected chi connectivity index (χ3v) is 2.98. The zero-order valence-electron chi connectivity index (χ0n) is 10.4. The van der Waals surface area contributed by atoms with Crippen LogP contribution in [0.5, 0.6) is 11.5 Å². The van der Waals surface area contributed by atoms with E-state index in [0.717, 1.165) is 6.42 Å². The molecule has 0 fully saturated rings. The Balaban J connectivity index is 3.13. The molecule has 1 aromatic rings. The van der Waals surface area contributed by atoms with Crippen LogP contribution in [0.15, 0.2) is 16.6 Å². The van der Waals surface area contributed by atoms with Crippen LogP contribution < -0.4 is 20.3 Å². The molecule has 0 amide bonds. The fraction of sp³-hybridized carbons (Fsp3) is 0.417. The van der Waals surface area contributed by atoms with E-state index in [1.54, 1.807) is 12.1 Å². The van der Waals surface area contributed by atoms with Crippen molar-refractivity contribution in [2.24, 2.45) is 0 Å². The van der Waals surface area contributed by atoms with Gasteiger partial charge in [0.25, 0.3) is 0 Å². The lowest BCUT2D eigenvalue weighted by atomic mass is 10.1. The van der Waals surface area contributed by atoms with E-state index in [9.17, 15) is 9.90 Å². The molecule has 1 aromatic carbocycles. The molecule has 0 saturated carbocycles. The average Bonchev–Trinajstić information content (AvgIpc) is 2.35. The van der Waals surface area contributed by atoms with Crippen LogP contribution in [0, 0.1) is 0 Å². The van der Waals surface area contributed by atoms with Gasteiger partial charge in [0.05, 0.1) is 18.2 Å². The Morgan fingerprint density at radius 3 is 2.72 bits per heavy atom. The van der Waals surface area contributed by atoms with Gasteiger partial charge < -0.3 is 25.1 Å². The molecule has 0 bridgehead atoms. The highest BCUT2D eigenvalue weighted by Crippen LogP contribution is 2.37.